The Bertz CT molecular complexity index is 476. The van der Waals surface area contributed by atoms with Crippen LogP contribution < -0.4 is 4.90 Å². The average Bonchev–Trinajstić information content (AvgIpc) is 2.41. The van der Waals surface area contributed by atoms with Crippen molar-refractivity contribution < 1.29 is 9.18 Å². The Kier molecular flexibility index (Phi) is 4.23. The van der Waals surface area contributed by atoms with Gasteiger partial charge in [-0.15, -0.1) is 0 Å². The maximum atomic E-state index is 13.6. The molecule has 0 radical (unpaired) electrons. The Morgan fingerprint density at radius 1 is 1.37 bits per heavy atom. The highest BCUT2D eigenvalue weighted by molar-refractivity contribution is 6.00. The number of ketones is 1. The van der Waals surface area contributed by atoms with Gasteiger partial charge in [-0.3, -0.25) is 4.79 Å². The minimum atomic E-state index is -0.294. The number of aryl methyl sites for hydroxylation is 1. The van der Waals surface area contributed by atoms with Crippen LogP contribution in [-0.2, 0) is 0 Å². The molecule has 2 rings (SSSR count). The molecule has 0 atom stereocenters. The minimum absolute atomic E-state index is 0.0634. The van der Waals surface area contributed by atoms with Crippen LogP contribution in [0.4, 0.5) is 10.1 Å². The van der Waals surface area contributed by atoms with Crippen molar-refractivity contribution in [3.8, 4) is 0 Å². The summed E-state index contributed by atoms with van der Waals surface area (Å²) in [6, 6.07) is 3.21. The molecule has 19 heavy (non-hydrogen) atoms. The molecule has 0 amide bonds. The molecule has 1 aliphatic rings. The van der Waals surface area contributed by atoms with Crippen LogP contribution in [0.25, 0.3) is 0 Å². The topological polar surface area (TPSA) is 20.3 Å². The molecule has 104 valence electrons. The zero-order valence-corrected chi connectivity index (χ0v) is 12.0. The van der Waals surface area contributed by atoms with Gasteiger partial charge >= 0.3 is 0 Å². The molecule has 1 aromatic rings. The minimum Gasteiger partial charge on any atom is -0.371 e. The van der Waals surface area contributed by atoms with Gasteiger partial charge in [0.1, 0.15) is 5.82 Å². The second kappa shape index (κ2) is 5.72. The Balaban J connectivity index is 2.29. The summed E-state index contributed by atoms with van der Waals surface area (Å²) in [5, 5.41) is 0. The first-order valence-electron chi connectivity index (χ1n) is 7.09. The number of piperidine rings is 1. The summed E-state index contributed by atoms with van der Waals surface area (Å²) in [6.07, 6.45) is 3.53. The highest BCUT2D eigenvalue weighted by Gasteiger charge is 2.22. The van der Waals surface area contributed by atoms with Gasteiger partial charge in [0, 0.05) is 24.3 Å². The summed E-state index contributed by atoms with van der Waals surface area (Å²) in [7, 11) is 0. The molecule has 1 aromatic carbocycles. The van der Waals surface area contributed by atoms with Gasteiger partial charge in [0.05, 0.1) is 0 Å². The lowest BCUT2D eigenvalue weighted by atomic mass is 9.93. The second-order valence-electron chi connectivity index (χ2n) is 5.51. The van der Waals surface area contributed by atoms with Gasteiger partial charge < -0.3 is 4.90 Å². The predicted octanol–water partition coefficient (Wildman–Crippen LogP) is 3.96. The summed E-state index contributed by atoms with van der Waals surface area (Å²) in [5.41, 5.74) is 2.02. The van der Waals surface area contributed by atoms with Crippen molar-refractivity contribution in [1.82, 2.24) is 0 Å². The molecule has 1 heterocycles. The van der Waals surface area contributed by atoms with Gasteiger partial charge in [-0.25, -0.2) is 4.39 Å². The molecule has 0 aliphatic carbocycles. The normalized spacial score (nSPS) is 16.7. The Morgan fingerprint density at radius 3 is 2.53 bits per heavy atom. The summed E-state index contributed by atoms with van der Waals surface area (Å²) >= 11 is 0. The molecule has 0 spiro atoms. The molecule has 0 N–H and O–H groups in total. The van der Waals surface area contributed by atoms with Crippen molar-refractivity contribution in [2.75, 3.05) is 18.0 Å². The summed E-state index contributed by atoms with van der Waals surface area (Å²) in [5.74, 6) is 0.433. The predicted molar refractivity (Wildman–Crippen MR) is 76.4 cm³/mol. The fourth-order valence-electron chi connectivity index (χ4n) is 2.79. The fraction of sp³-hybridized carbons (Fsp3) is 0.562. The van der Waals surface area contributed by atoms with E-state index in [0.717, 1.165) is 37.5 Å². The van der Waals surface area contributed by atoms with E-state index >= 15 is 0 Å². The third kappa shape index (κ3) is 2.96. The van der Waals surface area contributed by atoms with Crippen LogP contribution in [0.1, 0.15) is 49.0 Å². The molecule has 1 fully saturated rings. The van der Waals surface area contributed by atoms with E-state index in [1.54, 1.807) is 6.92 Å². The van der Waals surface area contributed by atoms with Crippen molar-refractivity contribution in [3.05, 3.63) is 29.1 Å². The average molecular weight is 263 g/mol. The molecule has 0 bridgehead atoms. The highest BCUT2D eigenvalue weighted by atomic mass is 19.1. The summed E-state index contributed by atoms with van der Waals surface area (Å²) in [6.45, 7) is 7.41. The van der Waals surface area contributed by atoms with Crippen LogP contribution in [-0.4, -0.2) is 18.9 Å². The van der Waals surface area contributed by atoms with Crippen LogP contribution in [0.5, 0.6) is 0 Å². The summed E-state index contributed by atoms with van der Waals surface area (Å²) in [4.78, 5) is 13.9. The lowest BCUT2D eigenvalue weighted by Crippen LogP contribution is -2.34. The quantitative estimate of drug-likeness (QED) is 0.769. The first-order chi connectivity index (χ1) is 9.02. The standard InChI is InChI=1S/C16H22FNO/c1-4-13-5-7-18(8-6-13)16-9-11(2)15(17)10-14(16)12(3)19/h9-10,13H,4-8H2,1-3H3. The van der Waals surface area contributed by atoms with Crippen molar-refractivity contribution in [2.45, 2.75) is 40.0 Å². The Hall–Kier alpha value is -1.38. The number of anilines is 1. The van der Waals surface area contributed by atoms with Crippen LogP contribution in [0.2, 0.25) is 0 Å². The molecule has 1 saturated heterocycles. The second-order valence-corrected chi connectivity index (χ2v) is 5.51. The fourth-order valence-corrected chi connectivity index (χ4v) is 2.79. The van der Waals surface area contributed by atoms with E-state index in [-0.39, 0.29) is 11.6 Å². The Labute approximate surface area is 114 Å². The van der Waals surface area contributed by atoms with Crippen molar-refractivity contribution in [3.63, 3.8) is 0 Å². The van der Waals surface area contributed by atoms with Crippen molar-refractivity contribution in [2.24, 2.45) is 5.92 Å². The number of hydrogen-bond donors (Lipinski definition) is 0. The monoisotopic (exact) mass is 263 g/mol. The van der Waals surface area contributed by atoms with E-state index in [1.165, 1.54) is 19.4 Å². The smallest absolute Gasteiger partial charge is 0.161 e. The van der Waals surface area contributed by atoms with Crippen LogP contribution in [0, 0.1) is 18.7 Å². The number of benzene rings is 1. The zero-order chi connectivity index (χ0) is 14.0. The van der Waals surface area contributed by atoms with Crippen LogP contribution >= 0.6 is 0 Å². The molecule has 3 heteroatoms. The Morgan fingerprint density at radius 2 is 2.00 bits per heavy atom. The van der Waals surface area contributed by atoms with E-state index in [9.17, 15) is 9.18 Å². The lowest BCUT2D eigenvalue weighted by molar-refractivity contribution is 0.101. The van der Waals surface area contributed by atoms with E-state index in [0.29, 0.717) is 11.1 Å². The van der Waals surface area contributed by atoms with E-state index < -0.39 is 0 Å². The molecular weight excluding hydrogens is 241 g/mol. The van der Waals surface area contributed by atoms with Crippen molar-refractivity contribution in [1.29, 1.82) is 0 Å². The molecular formula is C16H22FNO. The maximum absolute atomic E-state index is 13.6. The van der Waals surface area contributed by atoms with Gasteiger partial charge in [0.25, 0.3) is 0 Å². The number of carbonyl (C=O) groups excluding carboxylic acids is 1. The summed E-state index contributed by atoms with van der Waals surface area (Å²) < 4.78 is 13.6. The van der Waals surface area contributed by atoms with Crippen LogP contribution in [0.15, 0.2) is 12.1 Å². The molecule has 0 aromatic heterocycles. The SMILES string of the molecule is CCC1CCN(c2cc(C)c(F)cc2C(C)=O)CC1. The third-order valence-electron chi connectivity index (χ3n) is 4.19. The molecule has 0 unspecified atom stereocenters. The number of nitrogens with zero attached hydrogens (tertiary/aromatic N) is 1. The number of Topliss-reactive ketones (excluding diaryl/α,β-unsaturated/α-hetero) is 1. The highest BCUT2D eigenvalue weighted by Crippen LogP contribution is 2.29. The zero-order valence-electron chi connectivity index (χ0n) is 12.0. The number of carbonyl (C=O) groups is 1. The molecule has 0 saturated carbocycles. The third-order valence-corrected chi connectivity index (χ3v) is 4.19. The largest absolute Gasteiger partial charge is 0.371 e. The number of hydrogen-bond acceptors (Lipinski definition) is 2. The molecule has 2 nitrogen and oxygen atoms in total. The van der Waals surface area contributed by atoms with Crippen molar-refractivity contribution >= 4 is 11.5 Å². The van der Waals surface area contributed by atoms with Gasteiger partial charge in [-0.2, -0.15) is 0 Å². The van der Waals surface area contributed by atoms with Gasteiger partial charge in [-0.1, -0.05) is 13.3 Å². The van der Waals surface area contributed by atoms with E-state index in [1.807, 2.05) is 6.07 Å². The number of rotatable bonds is 3. The lowest BCUT2D eigenvalue weighted by Gasteiger charge is -2.34. The van der Waals surface area contributed by atoms with Gasteiger partial charge in [-0.05, 0) is 50.3 Å². The molecule has 1 aliphatic heterocycles. The van der Waals surface area contributed by atoms with Gasteiger partial charge in [0.2, 0.25) is 0 Å². The van der Waals surface area contributed by atoms with E-state index in [4.69, 9.17) is 0 Å². The first-order valence-corrected chi connectivity index (χ1v) is 7.09. The van der Waals surface area contributed by atoms with Gasteiger partial charge in [0.15, 0.2) is 5.78 Å². The first kappa shape index (κ1) is 14.0. The maximum Gasteiger partial charge on any atom is 0.161 e. The number of halogens is 1. The van der Waals surface area contributed by atoms with Crippen LogP contribution in [0.3, 0.4) is 0 Å². The van der Waals surface area contributed by atoms with E-state index in [2.05, 4.69) is 11.8 Å².